The molecule has 2 rings (SSSR count). The summed E-state index contributed by atoms with van der Waals surface area (Å²) in [5, 5.41) is 3.61. The molecule has 0 spiro atoms. The first-order chi connectivity index (χ1) is 8.49. The van der Waals surface area contributed by atoms with E-state index in [9.17, 15) is 8.42 Å². The van der Waals surface area contributed by atoms with E-state index in [1.807, 2.05) is 0 Å². The molecular weight excluding hydrogens is 272 g/mol. The Morgan fingerprint density at radius 2 is 2.22 bits per heavy atom. The van der Waals surface area contributed by atoms with Crippen molar-refractivity contribution in [3.63, 3.8) is 0 Å². The van der Waals surface area contributed by atoms with Crippen LogP contribution in [0.1, 0.15) is 18.4 Å². The van der Waals surface area contributed by atoms with E-state index in [1.54, 1.807) is 19.1 Å². The van der Waals surface area contributed by atoms with E-state index in [0.717, 1.165) is 19.4 Å². The number of aryl methyl sites for hydroxylation is 1. The number of nitrogens with one attached hydrogen (secondary N) is 2. The van der Waals surface area contributed by atoms with E-state index in [1.165, 1.54) is 6.07 Å². The van der Waals surface area contributed by atoms with Gasteiger partial charge in [0.2, 0.25) is 10.0 Å². The van der Waals surface area contributed by atoms with Crippen LogP contribution in [-0.2, 0) is 10.0 Å². The lowest BCUT2D eigenvalue weighted by atomic mass is 10.1. The Morgan fingerprint density at radius 3 is 2.89 bits per heavy atom. The van der Waals surface area contributed by atoms with Crippen LogP contribution in [0.15, 0.2) is 23.1 Å². The van der Waals surface area contributed by atoms with Crippen LogP contribution >= 0.6 is 11.6 Å². The maximum absolute atomic E-state index is 12.3. The van der Waals surface area contributed by atoms with E-state index in [0.29, 0.717) is 17.1 Å². The van der Waals surface area contributed by atoms with Gasteiger partial charge in [0.05, 0.1) is 4.90 Å². The van der Waals surface area contributed by atoms with Gasteiger partial charge in [0.1, 0.15) is 0 Å². The molecule has 0 saturated carbocycles. The number of halogens is 1. The molecule has 0 amide bonds. The molecule has 0 aliphatic carbocycles. The van der Waals surface area contributed by atoms with Crippen LogP contribution in [-0.4, -0.2) is 27.5 Å². The summed E-state index contributed by atoms with van der Waals surface area (Å²) >= 11 is 5.86. The van der Waals surface area contributed by atoms with Crippen molar-refractivity contribution in [2.45, 2.75) is 30.7 Å². The molecule has 1 saturated heterocycles. The Morgan fingerprint density at radius 1 is 1.44 bits per heavy atom. The predicted molar refractivity (Wildman–Crippen MR) is 72.4 cm³/mol. The van der Waals surface area contributed by atoms with Crippen molar-refractivity contribution >= 4 is 21.6 Å². The molecule has 1 fully saturated rings. The summed E-state index contributed by atoms with van der Waals surface area (Å²) in [6.07, 6.45) is 1.85. The Hall–Kier alpha value is -0.620. The molecule has 1 aliphatic rings. The molecule has 4 nitrogen and oxygen atoms in total. The Kier molecular flexibility index (Phi) is 4.27. The number of hydrogen-bond donors (Lipinski definition) is 2. The van der Waals surface area contributed by atoms with Gasteiger partial charge in [0, 0.05) is 17.6 Å². The molecule has 0 radical (unpaired) electrons. The fraction of sp³-hybridized carbons (Fsp3) is 0.500. The largest absolute Gasteiger partial charge is 0.315 e. The number of hydrogen-bond acceptors (Lipinski definition) is 3. The van der Waals surface area contributed by atoms with Crippen molar-refractivity contribution in [3.05, 3.63) is 28.8 Å². The molecule has 1 aromatic carbocycles. The third-order valence-corrected chi connectivity index (χ3v) is 4.96. The van der Waals surface area contributed by atoms with Crippen LogP contribution in [0, 0.1) is 6.92 Å². The smallest absolute Gasteiger partial charge is 0.241 e. The van der Waals surface area contributed by atoms with E-state index >= 15 is 0 Å². The topological polar surface area (TPSA) is 58.2 Å². The molecule has 1 aliphatic heterocycles. The van der Waals surface area contributed by atoms with Crippen LogP contribution in [0.4, 0.5) is 0 Å². The van der Waals surface area contributed by atoms with Crippen LogP contribution in [0.5, 0.6) is 0 Å². The molecule has 1 heterocycles. The second-order valence-electron chi connectivity index (χ2n) is 4.57. The van der Waals surface area contributed by atoms with Crippen molar-refractivity contribution in [1.82, 2.24) is 10.0 Å². The Labute approximate surface area is 113 Å². The highest BCUT2D eigenvalue weighted by atomic mass is 35.5. The van der Waals surface area contributed by atoms with Gasteiger partial charge in [-0.15, -0.1) is 0 Å². The summed E-state index contributed by atoms with van der Waals surface area (Å²) in [4.78, 5) is 0.264. The number of rotatable bonds is 3. The van der Waals surface area contributed by atoms with Gasteiger partial charge in [0.15, 0.2) is 0 Å². The lowest BCUT2D eigenvalue weighted by Gasteiger charge is -2.24. The van der Waals surface area contributed by atoms with Gasteiger partial charge in [-0.25, -0.2) is 13.1 Å². The number of piperidine rings is 1. The van der Waals surface area contributed by atoms with Crippen LogP contribution in [0.3, 0.4) is 0 Å². The van der Waals surface area contributed by atoms with Gasteiger partial charge in [0.25, 0.3) is 0 Å². The average molecular weight is 289 g/mol. The minimum atomic E-state index is -3.49. The zero-order valence-electron chi connectivity index (χ0n) is 10.2. The Bertz CT molecular complexity index is 525. The molecule has 6 heteroatoms. The zero-order valence-corrected chi connectivity index (χ0v) is 11.8. The highest BCUT2D eigenvalue weighted by Crippen LogP contribution is 2.20. The van der Waals surface area contributed by atoms with Crippen LogP contribution < -0.4 is 10.0 Å². The van der Waals surface area contributed by atoms with Crippen molar-refractivity contribution in [3.8, 4) is 0 Å². The first kappa shape index (κ1) is 13.8. The van der Waals surface area contributed by atoms with Gasteiger partial charge in [-0.2, -0.15) is 0 Å². The van der Waals surface area contributed by atoms with Crippen LogP contribution in [0.2, 0.25) is 5.02 Å². The third-order valence-electron chi connectivity index (χ3n) is 3.06. The first-order valence-electron chi connectivity index (χ1n) is 5.98. The van der Waals surface area contributed by atoms with E-state index < -0.39 is 10.0 Å². The summed E-state index contributed by atoms with van der Waals surface area (Å²) in [6.45, 7) is 3.40. The molecule has 0 bridgehead atoms. The summed E-state index contributed by atoms with van der Waals surface area (Å²) in [5.41, 5.74) is 0.704. The van der Waals surface area contributed by atoms with Crippen LogP contribution in [0.25, 0.3) is 0 Å². The molecule has 18 heavy (non-hydrogen) atoms. The molecule has 2 N–H and O–H groups in total. The summed E-state index contributed by atoms with van der Waals surface area (Å²) < 4.78 is 27.3. The van der Waals surface area contributed by atoms with Gasteiger partial charge in [-0.3, -0.25) is 0 Å². The van der Waals surface area contributed by atoms with Gasteiger partial charge >= 0.3 is 0 Å². The first-order valence-corrected chi connectivity index (χ1v) is 7.84. The average Bonchev–Trinajstić information content (AvgIpc) is 2.33. The fourth-order valence-electron chi connectivity index (χ4n) is 2.10. The highest BCUT2D eigenvalue weighted by Gasteiger charge is 2.23. The minimum absolute atomic E-state index is 0.0397. The van der Waals surface area contributed by atoms with Gasteiger partial charge < -0.3 is 5.32 Å². The summed E-state index contributed by atoms with van der Waals surface area (Å²) in [5.74, 6) is 0. The van der Waals surface area contributed by atoms with E-state index in [4.69, 9.17) is 11.6 Å². The van der Waals surface area contributed by atoms with Crippen molar-refractivity contribution in [2.75, 3.05) is 13.1 Å². The second kappa shape index (κ2) is 5.57. The maximum atomic E-state index is 12.3. The van der Waals surface area contributed by atoms with Crippen molar-refractivity contribution in [1.29, 1.82) is 0 Å². The zero-order chi connectivity index (χ0) is 13.2. The molecule has 0 aromatic heterocycles. The lowest BCUT2D eigenvalue weighted by Crippen LogP contribution is -2.45. The van der Waals surface area contributed by atoms with E-state index in [-0.39, 0.29) is 10.9 Å². The minimum Gasteiger partial charge on any atom is -0.315 e. The number of sulfonamides is 1. The second-order valence-corrected chi connectivity index (χ2v) is 6.69. The monoisotopic (exact) mass is 288 g/mol. The SMILES string of the molecule is Cc1ccc(Cl)cc1S(=O)(=O)NC1CCCNC1. The number of benzene rings is 1. The normalized spacial score (nSPS) is 20.9. The summed E-state index contributed by atoms with van der Waals surface area (Å²) in [7, 11) is -3.49. The van der Waals surface area contributed by atoms with Crippen molar-refractivity contribution < 1.29 is 8.42 Å². The molecular formula is C12H17ClN2O2S. The van der Waals surface area contributed by atoms with Gasteiger partial charge in [-0.1, -0.05) is 17.7 Å². The fourth-order valence-corrected chi connectivity index (χ4v) is 3.88. The van der Waals surface area contributed by atoms with Gasteiger partial charge in [-0.05, 0) is 44.0 Å². The predicted octanol–water partition coefficient (Wildman–Crippen LogP) is 1.68. The standard InChI is InChI=1S/C12H17ClN2O2S/c1-9-4-5-10(13)7-12(9)18(16,17)15-11-3-2-6-14-8-11/h4-5,7,11,14-15H,2-3,6,8H2,1H3. The quantitative estimate of drug-likeness (QED) is 0.890. The molecule has 1 aromatic rings. The highest BCUT2D eigenvalue weighted by molar-refractivity contribution is 7.89. The molecule has 1 atom stereocenters. The van der Waals surface area contributed by atoms with Crippen molar-refractivity contribution in [2.24, 2.45) is 0 Å². The molecule has 100 valence electrons. The van der Waals surface area contributed by atoms with E-state index in [2.05, 4.69) is 10.0 Å². The molecule has 1 unspecified atom stereocenters. The lowest BCUT2D eigenvalue weighted by molar-refractivity contribution is 0.428. The Balaban J connectivity index is 2.21. The third kappa shape index (κ3) is 3.23. The summed E-state index contributed by atoms with van der Waals surface area (Å²) in [6, 6.07) is 4.87. The maximum Gasteiger partial charge on any atom is 0.241 e.